The van der Waals surface area contributed by atoms with Crippen molar-refractivity contribution in [3.8, 4) is 0 Å². The molecule has 1 aliphatic heterocycles. The van der Waals surface area contributed by atoms with Gasteiger partial charge in [0.1, 0.15) is 0 Å². The molecule has 1 heterocycles. The number of benzene rings is 2. The highest BCUT2D eigenvalue weighted by Gasteiger charge is 2.18. The molecule has 8 heteroatoms. The Hall–Kier alpha value is -2.09. The SMILES string of the molecule is Cl.O=C(NC1CCNCC1)c1cccc(NS(=O)(=O)c2ccccc2)c1. The summed E-state index contributed by atoms with van der Waals surface area (Å²) in [4.78, 5) is 12.6. The Morgan fingerprint density at radius 2 is 1.69 bits per heavy atom. The number of amides is 1. The van der Waals surface area contributed by atoms with Gasteiger partial charge in [0.2, 0.25) is 0 Å². The van der Waals surface area contributed by atoms with Crippen molar-refractivity contribution >= 4 is 34.0 Å². The summed E-state index contributed by atoms with van der Waals surface area (Å²) in [6, 6.07) is 14.8. The van der Waals surface area contributed by atoms with Gasteiger partial charge in [-0.05, 0) is 56.3 Å². The van der Waals surface area contributed by atoms with Crippen molar-refractivity contribution in [3.05, 3.63) is 60.2 Å². The molecule has 0 unspecified atom stereocenters. The maximum Gasteiger partial charge on any atom is 0.261 e. The Labute approximate surface area is 159 Å². The Balaban J connectivity index is 0.00000243. The first-order chi connectivity index (χ1) is 12.0. The van der Waals surface area contributed by atoms with Crippen molar-refractivity contribution in [1.29, 1.82) is 0 Å². The van der Waals surface area contributed by atoms with Crippen LogP contribution in [-0.2, 0) is 10.0 Å². The summed E-state index contributed by atoms with van der Waals surface area (Å²) in [7, 11) is -3.67. The molecule has 2 aromatic rings. The summed E-state index contributed by atoms with van der Waals surface area (Å²) in [5.74, 6) is -0.187. The Bertz CT molecular complexity index is 838. The van der Waals surface area contributed by atoms with Gasteiger partial charge in [0, 0.05) is 17.3 Å². The van der Waals surface area contributed by atoms with Gasteiger partial charge in [-0.1, -0.05) is 24.3 Å². The first-order valence-corrected chi connectivity index (χ1v) is 9.72. The van der Waals surface area contributed by atoms with E-state index in [9.17, 15) is 13.2 Å². The highest BCUT2D eigenvalue weighted by molar-refractivity contribution is 7.92. The van der Waals surface area contributed by atoms with E-state index in [0.717, 1.165) is 25.9 Å². The molecule has 0 aliphatic carbocycles. The lowest BCUT2D eigenvalue weighted by atomic mass is 10.1. The molecule has 0 spiro atoms. The Kier molecular flexibility index (Phi) is 7.02. The van der Waals surface area contributed by atoms with Crippen molar-refractivity contribution in [2.45, 2.75) is 23.8 Å². The third kappa shape index (κ3) is 5.20. The molecule has 1 saturated heterocycles. The third-order valence-corrected chi connectivity index (χ3v) is 5.50. The van der Waals surface area contributed by atoms with E-state index in [2.05, 4.69) is 15.4 Å². The number of piperidine rings is 1. The normalized spacial score (nSPS) is 14.9. The summed E-state index contributed by atoms with van der Waals surface area (Å²) in [6.07, 6.45) is 1.79. The van der Waals surface area contributed by atoms with Gasteiger partial charge >= 0.3 is 0 Å². The molecule has 2 aromatic carbocycles. The molecule has 140 valence electrons. The van der Waals surface area contributed by atoms with Crippen molar-refractivity contribution in [2.75, 3.05) is 17.8 Å². The van der Waals surface area contributed by atoms with E-state index in [4.69, 9.17) is 0 Å². The van der Waals surface area contributed by atoms with Crippen LogP contribution >= 0.6 is 12.4 Å². The quantitative estimate of drug-likeness (QED) is 0.725. The summed E-state index contributed by atoms with van der Waals surface area (Å²) >= 11 is 0. The second-order valence-corrected chi connectivity index (χ2v) is 7.68. The number of hydrogen-bond acceptors (Lipinski definition) is 4. The molecule has 26 heavy (non-hydrogen) atoms. The van der Waals surface area contributed by atoms with E-state index in [1.807, 2.05) is 0 Å². The summed E-state index contributed by atoms with van der Waals surface area (Å²) in [5, 5.41) is 6.25. The lowest BCUT2D eigenvalue weighted by molar-refractivity contribution is 0.0929. The summed E-state index contributed by atoms with van der Waals surface area (Å²) < 4.78 is 27.3. The fourth-order valence-corrected chi connectivity index (χ4v) is 3.84. The molecule has 1 fully saturated rings. The second kappa shape index (κ2) is 9.02. The van der Waals surface area contributed by atoms with Crippen molar-refractivity contribution < 1.29 is 13.2 Å². The number of rotatable bonds is 5. The molecule has 3 rings (SSSR count). The van der Waals surface area contributed by atoms with Gasteiger partial charge in [0.25, 0.3) is 15.9 Å². The highest BCUT2D eigenvalue weighted by atomic mass is 35.5. The number of halogens is 1. The van der Waals surface area contributed by atoms with Crippen molar-refractivity contribution in [2.24, 2.45) is 0 Å². The van der Waals surface area contributed by atoms with Crippen LogP contribution in [0.5, 0.6) is 0 Å². The minimum absolute atomic E-state index is 0. The average Bonchev–Trinajstić information content (AvgIpc) is 2.63. The molecule has 0 atom stereocenters. The maximum atomic E-state index is 12.4. The fourth-order valence-electron chi connectivity index (χ4n) is 2.77. The van der Waals surface area contributed by atoms with Crippen LogP contribution in [0.25, 0.3) is 0 Å². The molecule has 3 N–H and O–H groups in total. The van der Waals surface area contributed by atoms with E-state index in [-0.39, 0.29) is 29.3 Å². The maximum absolute atomic E-state index is 12.4. The summed E-state index contributed by atoms with van der Waals surface area (Å²) in [5.41, 5.74) is 0.800. The number of anilines is 1. The van der Waals surface area contributed by atoms with E-state index >= 15 is 0 Å². The second-order valence-electron chi connectivity index (χ2n) is 6.00. The van der Waals surface area contributed by atoms with Gasteiger partial charge in [-0.3, -0.25) is 9.52 Å². The van der Waals surface area contributed by atoms with Crippen LogP contribution in [0, 0.1) is 0 Å². The molecule has 0 radical (unpaired) electrons. The van der Waals surface area contributed by atoms with Crippen LogP contribution in [-0.4, -0.2) is 33.5 Å². The lowest BCUT2D eigenvalue weighted by Gasteiger charge is -2.23. The fraction of sp³-hybridized carbons (Fsp3) is 0.278. The third-order valence-electron chi connectivity index (χ3n) is 4.10. The average molecular weight is 396 g/mol. The highest BCUT2D eigenvalue weighted by Crippen LogP contribution is 2.17. The van der Waals surface area contributed by atoms with Crippen LogP contribution in [0.15, 0.2) is 59.5 Å². The van der Waals surface area contributed by atoms with Crippen LogP contribution in [0.4, 0.5) is 5.69 Å². The smallest absolute Gasteiger partial charge is 0.261 e. The molecule has 0 aromatic heterocycles. The predicted molar refractivity (Wildman–Crippen MR) is 104 cm³/mol. The Morgan fingerprint density at radius 1 is 1.00 bits per heavy atom. The minimum atomic E-state index is -3.67. The van der Waals surface area contributed by atoms with Crippen LogP contribution in [0.1, 0.15) is 23.2 Å². The van der Waals surface area contributed by atoms with Gasteiger partial charge < -0.3 is 10.6 Å². The lowest BCUT2D eigenvalue weighted by Crippen LogP contribution is -2.42. The zero-order valence-corrected chi connectivity index (χ0v) is 15.8. The van der Waals surface area contributed by atoms with Crippen molar-refractivity contribution in [3.63, 3.8) is 0 Å². The van der Waals surface area contributed by atoms with E-state index in [1.54, 1.807) is 42.5 Å². The van der Waals surface area contributed by atoms with Crippen LogP contribution in [0.3, 0.4) is 0 Å². The van der Waals surface area contributed by atoms with Crippen LogP contribution in [0.2, 0.25) is 0 Å². The van der Waals surface area contributed by atoms with Gasteiger partial charge in [-0.15, -0.1) is 12.4 Å². The first kappa shape index (κ1) is 20.2. The van der Waals surface area contributed by atoms with Gasteiger partial charge in [0.05, 0.1) is 4.90 Å². The standard InChI is InChI=1S/C18H21N3O3S.ClH/c22-18(20-15-9-11-19-12-10-15)14-5-4-6-16(13-14)21-25(23,24)17-7-2-1-3-8-17;/h1-8,13,15,19,21H,9-12H2,(H,20,22);1H. The molecule has 6 nitrogen and oxygen atoms in total. The van der Waals surface area contributed by atoms with Crippen LogP contribution < -0.4 is 15.4 Å². The topological polar surface area (TPSA) is 87.3 Å². The minimum Gasteiger partial charge on any atom is -0.349 e. The first-order valence-electron chi connectivity index (χ1n) is 8.24. The largest absolute Gasteiger partial charge is 0.349 e. The Morgan fingerprint density at radius 3 is 2.38 bits per heavy atom. The zero-order chi connectivity index (χ0) is 17.7. The molecule has 1 aliphatic rings. The predicted octanol–water partition coefficient (Wildman–Crippen LogP) is 2.39. The van der Waals surface area contributed by atoms with Crippen molar-refractivity contribution in [1.82, 2.24) is 10.6 Å². The molecular weight excluding hydrogens is 374 g/mol. The summed E-state index contributed by atoms with van der Waals surface area (Å²) in [6.45, 7) is 1.78. The molecule has 1 amide bonds. The van der Waals surface area contributed by atoms with E-state index in [1.165, 1.54) is 12.1 Å². The molecular formula is C18H22ClN3O3S. The van der Waals surface area contributed by atoms with E-state index < -0.39 is 10.0 Å². The number of carbonyl (C=O) groups excluding carboxylic acids is 1. The number of carbonyl (C=O) groups is 1. The molecule has 0 bridgehead atoms. The van der Waals surface area contributed by atoms with E-state index in [0.29, 0.717) is 11.3 Å². The monoisotopic (exact) mass is 395 g/mol. The molecule has 0 saturated carbocycles. The van der Waals surface area contributed by atoms with Gasteiger partial charge in [-0.2, -0.15) is 0 Å². The number of sulfonamides is 1. The number of hydrogen-bond donors (Lipinski definition) is 3. The number of nitrogens with one attached hydrogen (secondary N) is 3. The van der Waals surface area contributed by atoms with Gasteiger partial charge in [0.15, 0.2) is 0 Å². The zero-order valence-electron chi connectivity index (χ0n) is 14.1. The van der Waals surface area contributed by atoms with Gasteiger partial charge in [-0.25, -0.2) is 8.42 Å².